The van der Waals surface area contributed by atoms with Crippen molar-refractivity contribution in [2.24, 2.45) is 0 Å². The predicted octanol–water partition coefficient (Wildman–Crippen LogP) is 2.20. The second-order valence-corrected chi connectivity index (χ2v) is 5.21. The highest BCUT2D eigenvalue weighted by atomic mass is 16.2. The van der Waals surface area contributed by atoms with E-state index in [1.165, 1.54) is 0 Å². The monoisotopic (exact) mass is 210 g/mol. The SMILES string of the molecule is C=C1N(C(C)C)C(=O)C(C)(C)N1C(C)C. The first-order chi connectivity index (χ1) is 6.71. The molecule has 0 aromatic rings. The summed E-state index contributed by atoms with van der Waals surface area (Å²) in [7, 11) is 0. The molecule has 1 aliphatic heterocycles. The van der Waals surface area contributed by atoms with Crippen LogP contribution in [0.4, 0.5) is 0 Å². The van der Waals surface area contributed by atoms with Crippen molar-refractivity contribution in [1.82, 2.24) is 9.80 Å². The lowest BCUT2D eigenvalue weighted by atomic mass is 10.0. The van der Waals surface area contributed by atoms with Gasteiger partial charge in [0.25, 0.3) is 5.91 Å². The molecule has 1 rings (SSSR count). The Kier molecular flexibility index (Phi) is 2.85. The smallest absolute Gasteiger partial charge is 0.253 e. The van der Waals surface area contributed by atoms with Crippen molar-refractivity contribution in [1.29, 1.82) is 0 Å². The Morgan fingerprint density at radius 3 is 1.80 bits per heavy atom. The van der Waals surface area contributed by atoms with Gasteiger partial charge in [-0.3, -0.25) is 9.69 Å². The number of amides is 1. The van der Waals surface area contributed by atoms with Gasteiger partial charge in [-0.05, 0) is 41.5 Å². The minimum Gasteiger partial charge on any atom is -0.342 e. The zero-order valence-electron chi connectivity index (χ0n) is 10.7. The van der Waals surface area contributed by atoms with Gasteiger partial charge in [0.15, 0.2) is 0 Å². The number of hydrogen-bond donors (Lipinski definition) is 0. The van der Waals surface area contributed by atoms with Crippen LogP contribution in [0, 0.1) is 0 Å². The molecule has 0 spiro atoms. The van der Waals surface area contributed by atoms with Gasteiger partial charge in [0, 0.05) is 12.1 Å². The van der Waals surface area contributed by atoms with Gasteiger partial charge in [-0.1, -0.05) is 6.58 Å². The normalized spacial score (nSPS) is 21.1. The third kappa shape index (κ3) is 1.64. The van der Waals surface area contributed by atoms with E-state index in [0.717, 1.165) is 5.82 Å². The highest BCUT2D eigenvalue weighted by molar-refractivity contribution is 5.90. The molecule has 0 atom stereocenters. The summed E-state index contributed by atoms with van der Waals surface area (Å²) in [5, 5.41) is 0. The van der Waals surface area contributed by atoms with Gasteiger partial charge < -0.3 is 4.90 Å². The lowest BCUT2D eigenvalue weighted by Crippen LogP contribution is -2.46. The first kappa shape index (κ1) is 12.1. The fraction of sp³-hybridized carbons (Fsp3) is 0.750. The Morgan fingerprint density at radius 1 is 1.13 bits per heavy atom. The maximum atomic E-state index is 12.2. The standard InChI is InChI=1S/C12H22N2O/c1-8(2)13-10(5)14(9(3)4)12(6,7)11(13)15/h8-9H,5H2,1-4,6-7H3. The van der Waals surface area contributed by atoms with Gasteiger partial charge in [0.1, 0.15) is 11.4 Å². The molecule has 0 radical (unpaired) electrons. The third-order valence-electron chi connectivity index (χ3n) is 2.93. The molecular formula is C12H22N2O. The zero-order valence-corrected chi connectivity index (χ0v) is 10.7. The summed E-state index contributed by atoms with van der Waals surface area (Å²) in [6.07, 6.45) is 0. The molecule has 0 aromatic heterocycles. The summed E-state index contributed by atoms with van der Waals surface area (Å²) in [4.78, 5) is 16.1. The van der Waals surface area contributed by atoms with E-state index in [0.29, 0.717) is 6.04 Å². The molecule has 0 aliphatic carbocycles. The molecule has 1 aliphatic rings. The lowest BCUT2D eigenvalue weighted by molar-refractivity contribution is -0.133. The molecule has 1 saturated heterocycles. The van der Waals surface area contributed by atoms with E-state index in [1.807, 2.05) is 27.7 Å². The predicted molar refractivity (Wildman–Crippen MR) is 62.2 cm³/mol. The molecule has 15 heavy (non-hydrogen) atoms. The molecule has 3 heteroatoms. The summed E-state index contributed by atoms with van der Waals surface area (Å²) in [6, 6.07) is 0.466. The maximum absolute atomic E-state index is 12.2. The number of nitrogens with zero attached hydrogens (tertiary/aromatic N) is 2. The van der Waals surface area contributed by atoms with Crippen molar-refractivity contribution in [3.8, 4) is 0 Å². The van der Waals surface area contributed by atoms with Crippen molar-refractivity contribution in [3.63, 3.8) is 0 Å². The summed E-state index contributed by atoms with van der Waals surface area (Å²) in [5.74, 6) is 0.978. The van der Waals surface area contributed by atoms with Crippen LogP contribution in [0.15, 0.2) is 12.4 Å². The summed E-state index contributed by atoms with van der Waals surface area (Å²) < 4.78 is 0. The highest BCUT2D eigenvalue weighted by Gasteiger charge is 2.49. The van der Waals surface area contributed by atoms with Crippen LogP contribution in [0.3, 0.4) is 0 Å². The molecule has 0 unspecified atom stereocenters. The summed E-state index contributed by atoms with van der Waals surface area (Å²) in [6.45, 7) is 16.2. The topological polar surface area (TPSA) is 23.6 Å². The van der Waals surface area contributed by atoms with Crippen molar-refractivity contribution in [2.45, 2.75) is 59.2 Å². The number of hydrogen-bond acceptors (Lipinski definition) is 2. The van der Waals surface area contributed by atoms with E-state index in [1.54, 1.807) is 4.90 Å². The van der Waals surface area contributed by atoms with Gasteiger partial charge in [-0.25, -0.2) is 0 Å². The van der Waals surface area contributed by atoms with Gasteiger partial charge in [-0.2, -0.15) is 0 Å². The molecular weight excluding hydrogens is 188 g/mol. The quantitative estimate of drug-likeness (QED) is 0.697. The average Bonchev–Trinajstić information content (AvgIpc) is 2.17. The van der Waals surface area contributed by atoms with Crippen molar-refractivity contribution in [3.05, 3.63) is 12.4 Å². The van der Waals surface area contributed by atoms with E-state index in [2.05, 4.69) is 25.3 Å². The third-order valence-corrected chi connectivity index (χ3v) is 2.93. The molecule has 0 N–H and O–H groups in total. The van der Waals surface area contributed by atoms with Crippen LogP contribution < -0.4 is 0 Å². The summed E-state index contributed by atoms with van der Waals surface area (Å²) in [5.41, 5.74) is -0.463. The molecule has 3 nitrogen and oxygen atoms in total. The van der Waals surface area contributed by atoms with Gasteiger partial charge in [0.05, 0.1) is 0 Å². The Hall–Kier alpha value is -0.990. The first-order valence-corrected chi connectivity index (χ1v) is 5.53. The summed E-state index contributed by atoms with van der Waals surface area (Å²) >= 11 is 0. The van der Waals surface area contributed by atoms with Crippen LogP contribution in [-0.2, 0) is 4.79 Å². The van der Waals surface area contributed by atoms with Crippen molar-refractivity contribution < 1.29 is 4.79 Å². The van der Waals surface area contributed by atoms with E-state index in [-0.39, 0.29) is 11.9 Å². The minimum absolute atomic E-state index is 0.149. The fourth-order valence-corrected chi connectivity index (χ4v) is 2.43. The number of carbonyl (C=O) groups excluding carboxylic acids is 1. The van der Waals surface area contributed by atoms with E-state index in [4.69, 9.17) is 0 Å². The Labute approximate surface area is 92.7 Å². The first-order valence-electron chi connectivity index (χ1n) is 5.53. The van der Waals surface area contributed by atoms with Crippen LogP contribution in [0.1, 0.15) is 41.5 Å². The minimum atomic E-state index is -0.463. The van der Waals surface area contributed by atoms with Crippen molar-refractivity contribution in [2.75, 3.05) is 0 Å². The van der Waals surface area contributed by atoms with E-state index in [9.17, 15) is 4.79 Å². The van der Waals surface area contributed by atoms with E-state index >= 15 is 0 Å². The van der Waals surface area contributed by atoms with Crippen molar-refractivity contribution >= 4 is 5.91 Å². The van der Waals surface area contributed by atoms with E-state index < -0.39 is 5.54 Å². The molecule has 0 aromatic carbocycles. The molecule has 1 heterocycles. The van der Waals surface area contributed by atoms with Gasteiger partial charge in [-0.15, -0.1) is 0 Å². The Bertz CT molecular complexity index is 292. The second kappa shape index (κ2) is 3.54. The van der Waals surface area contributed by atoms with Crippen LogP contribution in [-0.4, -0.2) is 33.3 Å². The van der Waals surface area contributed by atoms with Crippen LogP contribution in [0.5, 0.6) is 0 Å². The second-order valence-electron chi connectivity index (χ2n) is 5.21. The van der Waals surface area contributed by atoms with Gasteiger partial charge >= 0.3 is 0 Å². The molecule has 1 fully saturated rings. The molecule has 0 bridgehead atoms. The largest absolute Gasteiger partial charge is 0.342 e. The number of carbonyl (C=O) groups is 1. The Balaban J connectivity index is 3.14. The lowest BCUT2D eigenvalue weighted by Gasteiger charge is -2.34. The molecule has 86 valence electrons. The zero-order chi connectivity index (χ0) is 12.0. The van der Waals surface area contributed by atoms with Crippen LogP contribution in [0.2, 0.25) is 0 Å². The van der Waals surface area contributed by atoms with Crippen LogP contribution in [0.25, 0.3) is 0 Å². The van der Waals surface area contributed by atoms with Crippen LogP contribution >= 0.6 is 0 Å². The number of rotatable bonds is 2. The molecule has 1 amide bonds. The maximum Gasteiger partial charge on any atom is 0.253 e. The average molecular weight is 210 g/mol. The fourth-order valence-electron chi connectivity index (χ4n) is 2.43. The molecule has 0 saturated carbocycles. The Morgan fingerprint density at radius 2 is 1.60 bits per heavy atom. The van der Waals surface area contributed by atoms with Gasteiger partial charge in [0.2, 0.25) is 0 Å². The highest BCUT2D eigenvalue weighted by Crippen LogP contribution is 2.35.